The number of nitrogens with one attached hydrogen (secondary N) is 1. The average Bonchev–Trinajstić information content (AvgIpc) is 2.79. The van der Waals surface area contributed by atoms with E-state index in [1.807, 2.05) is 13.0 Å². The predicted molar refractivity (Wildman–Crippen MR) is 68.7 cm³/mol. The molecular weight excluding hydrogens is 271 g/mol. The summed E-state index contributed by atoms with van der Waals surface area (Å²) in [7, 11) is 0. The van der Waals surface area contributed by atoms with Crippen LogP contribution in [-0.4, -0.2) is 30.5 Å². The molecule has 20 heavy (non-hydrogen) atoms. The maximum Gasteiger partial charge on any atom is 0.417 e. The third-order valence-electron chi connectivity index (χ3n) is 3.45. The lowest BCUT2D eigenvalue weighted by molar-refractivity contribution is -0.210. The van der Waals surface area contributed by atoms with Crippen molar-refractivity contribution in [3.05, 3.63) is 29.3 Å². The van der Waals surface area contributed by atoms with E-state index in [-0.39, 0.29) is 6.04 Å². The molecule has 1 aromatic rings. The van der Waals surface area contributed by atoms with Crippen molar-refractivity contribution in [1.29, 1.82) is 0 Å². The Hall–Kier alpha value is -1.27. The highest BCUT2D eigenvalue weighted by Gasteiger charge is 2.39. The highest BCUT2D eigenvalue weighted by atomic mass is 19.4. The van der Waals surface area contributed by atoms with Gasteiger partial charge in [-0.2, -0.15) is 13.2 Å². The molecule has 6 heteroatoms. The van der Waals surface area contributed by atoms with Crippen LogP contribution in [0.2, 0.25) is 0 Å². The van der Waals surface area contributed by atoms with Gasteiger partial charge in [-0.3, -0.25) is 0 Å². The van der Waals surface area contributed by atoms with Gasteiger partial charge in [0, 0.05) is 6.04 Å². The minimum atomic E-state index is -4.65. The first-order valence-electron chi connectivity index (χ1n) is 6.66. The van der Waals surface area contributed by atoms with Gasteiger partial charge in [0.15, 0.2) is 6.10 Å². The van der Waals surface area contributed by atoms with Crippen LogP contribution in [0.4, 0.5) is 13.2 Å². The summed E-state index contributed by atoms with van der Waals surface area (Å²) in [5.74, 6) is 0.436. The summed E-state index contributed by atoms with van der Waals surface area (Å²) in [6, 6.07) is 5.61. The molecule has 0 heterocycles. The van der Waals surface area contributed by atoms with E-state index < -0.39 is 18.9 Å². The third-order valence-corrected chi connectivity index (χ3v) is 3.45. The minimum absolute atomic E-state index is 0.228. The maximum absolute atomic E-state index is 12.2. The van der Waals surface area contributed by atoms with Gasteiger partial charge < -0.3 is 15.2 Å². The molecule has 112 valence electrons. The van der Waals surface area contributed by atoms with Gasteiger partial charge in [0.2, 0.25) is 0 Å². The van der Waals surface area contributed by atoms with Crippen molar-refractivity contribution in [3.63, 3.8) is 0 Å². The lowest BCUT2D eigenvalue weighted by atomic mass is 10.1. The molecular formula is C14H18F3NO2. The molecule has 2 rings (SSSR count). The normalized spacial score (nSPS) is 19.8. The fourth-order valence-electron chi connectivity index (χ4n) is 2.48. The number of ether oxygens (including phenoxy) is 1. The lowest BCUT2D eigenvalue weighted by Crippen LogP contribution is -2.34. The summed E-state index contributed by atoms with van der Waals surface area (Å²) in [6.07, 6.45) is -5.43. The Kier molecular flexibility index (Phi) is 4.55. The van der Waals surface area contributed by atoms with Crippen molar-refractivity contribution in [2.75, 3.05) is 13.2 Å². The number of aliphatic hydroxyl groups is 1. The smallest absolute Gasteiger partial charge is 0.417 e. The Labute approximate surface area is 115 Å². The Morgan fingerprint density at radius 3 is 2.85 bits per heavy atom. The highest BCUT2D eigenvalue weighted by molar-refractivity contribution is 5.45. The third kappa shape index (κ3) is 3.24. The topological polar surface area (TPSA) is 41.5 Å². The molecule has 1 aliphatic carbocycles. The van der Waals surface area contributed by atoms with Crippen LogP contribution in [0.3, 0.4) is 0 Å². The Balaban J connectivity index is 2.07. The molecule has 0 radical (unpaired) electrons. The number of benzene rings is 1. The van der Waals surface area contributed by atoms with Crippen LogP contribution < -0.4 is 10.1 Å². The van der Waals surface area contributed by atoms with E-state index in [1.165, 1.54) is 0 Å². The lowest BCUT2D eigenvalue weighted by Gasteiger charge is -2.17. The average molecular weight is 289 g/mol. The molecule has 0 fully saturated rings. The SMILES string of the molecule is CCNC1CCc2c(OCC(O)C(F)(F)F)cccc21. The summed E-state index contributed by atoms with van der Waals surface area (Å²) in [6.45, 7) is 2.08. The van der Waals surface area contributed by atoms with Crippen molar-refractivity contribution in [2.45, 2.75) is 38.1 Å². The van der Waals surface area contributed by atoms with Gasteiger partial charge in [0.25, 0.3) is 0 Å². The van der Waals surface area contributed by atoms with Crippen LogP contribution in [0.15, 0.2) is 18.2 Å². The molecule has 1 aliphatic rings. The van der Waals surface area contributed by atoms with Gasteiger partial charge >= 0.3 is 6.18 Å². The molecule has 0 spiro atoms. The summed E-state index contributed by atoms with van der Waals surface area (Å²) >= 11 is 0. The zero-order valence-electron chi connectivity index (χ0n) is 11.2. The quantitative estimate of drug-likeness (QED) is 0.875. The molecule has 0 aliphatic heterocycles. The number of fused-ring (bicyclic) bond motifs is 1. The largest absolute Gasteiger partial charge is 0.490 e. The molecule has 3 nitrogen and oxygen atoms in total. The van der Waals surface area contributed by atoms with Gasteiger partial charge in [0.1, 0.15) is 12.4 Å². The van der Waals surface area contributed by atoms with Crippen LogP contribution in [0, 0.1) is 0 Å². The van der Waals surface area contributed by atoms with Crippen molar-refractivity contribution in [2.24, 2.45) is 0 Å². The fraction of sp³-hybridized carbons (Fsp3) is 0.571. The standard InChI is InChI=1S/C14H18F3NO2/c1-2-18-11-7-6-10-9(11)4-3-5-12(10)20-8-13(19)14(15,16)17/h3-5,11,13,18-19H,2,6-8H2,1H3. The van der Waals surface area contributed by atoms with E-state index in [4.69, 9.17) is 9.84 Å². The van der Waals surface area contributed by atoms with Crippen molar-refractivity contribution < 1.29 is 23.0 Å². The van der Waals surface area contributed by atoms with Crippen molar-refractivity contribution in [3.8, 4) is 5.75 Å². The monoisotopic (exact) mass is 289 g/mol. The summed E-state index contributed by atoms with van der Waals surface area (Å²) < 4.78 is 41.9. The fourth-order valence-corrected chi connectivity index (χ4v) is 2.48. The summed E-state index contributed by atoms with van der Waals surface area (Å²) in [5.41, 5.74) is 2.01. The zero-order valence-corrected chi connectivity index (χ0v) is 11.2. The van der Waals surface area contributed by atoms with Gasteiger partial charge in [-0.25, -0.2) is 0 Å². The molecule has 2 N–H and O–H groups in total. The van der Waals surface area contributed by atoms with E-state index in [9.17, 15) is 13.2 Å². The van der Waals surface area contributed by atoms with E-state index in [0.29, 0.717) is 5.75 Å². The van der Waals surface area contributed by atoms with Crippen LogP contribution in [0.5, 0.6) is 5.75 Å². The van der Waals surface area contributed by atoms with Gasteiger partial charge in [-0.1, -0.05) is 19.1 Å². The van der Waals surface area contributed by atoms with Gasteiger partial charge in [0.05, 0.1) is 0 Å². The molecule has 0 bridgehead atoms. The second-order valence-electron chi connectivity index (χ2n) is 4.84. The van der Waals surface area contributed by atoms with Crippen molar-refractivity contribution in [1.82, 2.24) is 5.32 Å². The molecule has 2 unspecified atom stereocenters. The Morgan fingerprint density at radius 1 is 1.45 bits per heavy atom. The molecule has 0 saturated carbocycles. The van der Waals surface area contributed by atoms with E-state index in [1.54, 1.807) is 12.1 Å². The Morgan fingerprint density at radius 2 is 2.20 bits per heavy atom. The van der Waals surface area contributed by atoms with Crippen LogP contribution in [0.1, 0.15) is 30.5 Å². The molecule has 0 aromatic heterocycles. The van der Waals surface area contributed by atoms with E-state index >= 15 is 0 Å². The van der Waals surface area contributed by atoms with Crippen LogP contribution >= 0.6 is 0 Å². The number of halogens is 3. The zero-order chi connectivity index (χ0) is 14.8. The highest BCUT2D eigenvalue weighted by Crippen LogP contribution is 2.37. The van der Waals surface area contributed by atoms with Gasteiger partial charge in [-0.05, 0) is 36.6 Å². The van der Waals surface area contributed by atoms with E-state index in [0.717, 1.165) is 30.5 Å². The summed E-state index contributed by atoms with van der Waals surface area (Å²) in [5, 5.41) is 12.3. The molecule has 2 atom stereocenters. The molecule has 0 saturated heterocycles. The van der Waals surface area contributed by atoms with Crippen LogP contribution in [0.25, 0.3) is 0 Å². The summed E-state index contributed by atoms with van der Waals surface area (Å²) in [4.78, 5) is 0. The first-order chi connectivity index (χ1) is 9.43. The van der Waals surface area contributed by atoms with Gasteiger partial charge in [-0.15, -0.1) is 0 Å². The molecule has 0 amide bonds. The van der Waals surface area contributed by atoms with Crippen LogP contribution in [-0.2, 0) is 6.42 Å². The van der Waals surface area contributed by atoms with Crippen molar-refractivity contribution >= 4 is 0 Å². The second-order valence-corrected chi connectivity index (χ2v) is 4.84. The number of rotatable bonds is 5. The molecule has 1 aromatic carbocycles. The Bertz CT molecular complexity index is 462. The first-order valence-corrected chi connectivity index (χ1v) is 6.66. The number of aliphatic hydroxyl groups excluding tert-OH is 1. The van der Waals surface area contributed by atoms with E-state index in [2.05, 4.69) is 5.32 Å². The minimum Gasteiger partial charge on any atom is -0.490 e. The maximum atomic E-state index is 12.2. The number of hydrogen-bond acceptors (Lipinski definition) is 3. The number of hydrogen-bond donors (Lipinski definition) is 2. The first kappa shape index (κ1) is 15.1. The predicted octanol–water partition coefficient (Wildman–Crippen LogP) is 2.59. The number of alkyl halides is 3. The second kappa shape index (κ2) is 6.01.